The van der Waals surface area contributed by atoms with Gasteiger partial charge in [0.1, 0.15) is 35.2 Å². The average molecular weight is 492 g/mol. The third kappa shape index (κ3) is 4.87. The third-order valence-electron chi connectivity index (χ3n) is 6.17. The number of ether oxygens (including phenoxy) is 4. The van der Waals surface area contributed by atoms with Crippen LogP contribution in [0.1, 0.15) is 42.3 Å². The molecule has 36 heavy (non-hydrogen) atoms. The molecule has 0 saturated heterocycles. The molecule has 4 rings (SSSR count). The Kier molecular flexibility index (Phi) is 6.93. The molecule has 0 radical (unpaired) electrons. The van der Waals surface area contributed by atoms with Gasteiger partial charge in [0.25, 0.3) is 0 Å². The fraction of sp³-hybridized carbons (Fsp3) is 0.276. The standard InChI is InChI=1S/C29H30FNO5/c1-17-15-29(2,3)31-24-12-11-20(21-9-7-18(30)13-25(21)34-5)23(27(17)24)16-36-28(32)22-10-8-19(33-4)14-26(22)35-6/h7-15,31H,16H2,1-6H3. The summed E-state index contributed by atoms with van der Waals surface area (Å²) in [5.74, 6) is 0.391. The first-order chi connectivity index (χ1) is 17.2. The van der Waals surface area contributed by atoms with Gasteiger partial charge in [0.2, 0.25) is 0 Å². The van der Waals surface area contributed by atoms with E-state index in [2.05, 4.69) is 25.2 Å². The monoisotopic (exact) mass is 491 g/mol. The van der Waals surface area contributed by atoms with E-state index < -0.39 is 11.8 Å². The lowest BCUT2D eigenvalue weighted by atomic mass is 9.85. The van der Waals surface area contributed by atoms with Gasteiger partial charge in [0.05, 0.1) is 26.9 Å². The lowest BCUT2D eigenvalue weighted by Gasteiger charge is -2.33. The van der Waals surface area contributed by atoms with E-state index in [1.54, 1.807) is 31.4 Å². The summed E-state index contributed by atoms with van der Waals surface area (Å²) >= 11 is 0. The second-order valence-corrected chi connectivity index (χ2v) is 9.18. The van der Waals surface area contributed by atoms with Crippen molar-refractivity contribution < 1.29 is 28.1 Å². The molecule has 0 spiro atoms. The first-order valence-corrected chi connectivity index (χ1v) is 11.5. The number of hydrogen-bond donors (Lipinski definition) is 1. The van der Waals surface area contributed by atoms with Crippen molar-refractivity contribution in [1.29, 1.82) is 0 Å². The summed E-state index contributed by atoms with van der Waals surface area (Å²) in [6.45, 7) is 6.20. The van der Waals surface area contributed by atoms with Gasteiger partial charge >= 0.3 is 5.97 Å². The normalized spacial score (nSPS) is 13.7. The number of benzene rings is 3. The molecule has 1 heterocycles. The summed E-state index contributed by atoms with van der Waals surface area (Å²) in [5.41, 5.74) is 5.24. The molecule has 1 aliphatic heterocycles. The third-order valence-corrected chi connectivity index (χ3v) is 6.17. The second kappa shape index (κ2) is 9.93. The van der Waals surface area contributed by atoms with Crippen LogP contribution in [0.5, 0.6) is 17.2 Å². The van der Waals surface area contributed by atoms with Crippen LogP contribution in [-0.2, 0) is 11.3 Å². The second-order valence-electron chi connectivity index (χ2n) is 9.18. The van der Waals surface area contributed by atoms with E-state index in [-0.39, 0.29) is 17.7 Å². The van der Waals surface area contributed by atoms with E-state index in [1.165, 1.54) is 26.4 Å². The molecule has 6 nitrogen and oxygen atoms in total. The zero-order valence-electron chi connectivity index (χ0n) is 21.3. The van der Waals surface area contributed by atoms with Crippen molar-refractivity contribution in [2.75, 3.05) is 26.6 Å². The van der Waals surface area contributed by atoms with Crippen molar-refractivity contribution in [3.63, 3.8) is 0 Å². The minimum atomic E-state index is -0.533. The summed E-state index contributed by atoms with van der Waals surface area (Å²) in [6, 6.07) is 13.3. The molecule has 0 unspecified atom stereocenters. The molecule has 0 saturated carbocycles. The van der Waals surface area contributed by atoms with E-state index in [0.717, 1.165) is 28.0 Å². The van der Waals surface area contributed by atoms with Crippen molar-refractivity contribution in [1.82, 2.24) is 0 Å². The molecule has 188 valence electrons. The van der Waals surface area contributed by atoms with Crippen LogP contribution in [-0.4, -0.2) is 32.8 Å². The highest BCUT2D eigenvalue weighted by Crippen LogP contribution is 2.43. The summed E-state index contributed by atoms with van der Waals surface area (Å²) in [5, 5.41) is 3.53. The molecular formula is C29H30FNO5. The van der Waals surface area contributed by atoms with Crippen LogP contribution in [0.2, 0.25) is 0 Å². The number of halogens is 1. The van der Waals surface area contributed by atoms with Gasteiger partial charge in [-0.15, -0.1) is 0 Å². The lowest BCUT2D eigenvalue weighted by Crippen LogP contribution is -2.32. The molecule has 0 amide bonds. The van der Waals surface area contributed by atoms with Crippen molar-refractivity contribution in [2.45, 2.75) is 32.9 Å². The molecular weight excluding hydrogens is 461 g/mol. The number of allylic oxidation sites excluding steroid dienone is 1. The summed E-state index contributed by atoms with van der Waals surface area (Å²) in [7, 11) is 4.53. The van der Waals surface area contributed by atoms with Crippen LogP contribution in [0.4, 0.5) is 10.1 Å². The van der Waals surface area contributed by atoms with E-state index in [0.29, 0.717) is 22.8 Å². The number of esters is 1. The SMILES string of the molecule is COc1ccc(C(=O)OCc2c(-c3ccc(F)cc3OC)ccc3c2C(C)=CC(C)(C)N3)c(OC)c1. The van der Waals surface area contributed by atoms with Gasteiger partial charge in [-0.1, -0.05) is 12.1 Å². The Bertz CT molecular complexity index is 1350. The van der Waals surface area contributed by atoms with Crippen molar-refractivity contribution >= 4 is 17.2 Å². The Morgan fingerprint density at radius 1 is 0.917 bits per heavy atom. The quantitative estimate of drug-likeness (QED) is 0.382. The molecule has 0 aliphatic carbocycles. The molecule has 1 aliphatic rings. The van der Waals surface area contributed by atoms with E-state index >= 15 is 0 Å². The number of rotatable bonds is 7. The molecule has 7 heteroatoms. The Morgan fingerprint density at radius 2 is 1.64 bits per heavy atom. The highest BCUT2D eigenvalue weighted by Gasteiger charge is 2.27. The van der Waals surface area contributed by atoms with Crippen LogP contribution in [0.25, 0.3) is 16.7 Å². The number of fused-ring (bicyclic) bond motifs is 1. The predicted molar refractivity (Wildman–Crippen MR) is 138 cm³/mol. The fourth-order valence-electron chi connectivity index (χ4n) is 4.67. The number of methoxy groups -OCH3 is 3. The van der Waals surface area contributed by atoms with Gasteiger partial charge in [0, 0.05) is 34.5 Å². The van der Waals surface area contributed by atoms with Crippen LogP contribution in [0, 0.1) is 5.82 Å². The summed E-state index contributed by atoms with van der Waals surface area (Å²) < 4.78 is 35.9. The Balaban J connectivity index is 1.79. The number of carbonyl (C=O) groups excluding carboxylic acids is 1. The molecule has 0 atom stereocenters. The number of hydrogen-bond acceptors (Lipinski definition) is 6. The summed E-state index contributed by atoms with van der Waals surface area (Å²) in [6.07, 6.45) is 2.14. The Hall–Kier alpha value is -4.00. The zero-order valence-corrected chi connectivity index (χ0v) is 21.3. The maximum Gasteiger partial charge on any atom is 0.342 e. The number of nitrogens with one attached hydrogen (secondary N) is 1. The first-order valence-electron chi connectivity index (χ1n) is 11.5. The highest BCUT2D eigenvalue weighted by atomic mass is 19.1. The van der Waals surface area contributed by atoms with Crippen LogP contribution in [0.15, 0.2) is 54.6 Å². The van der Waals surface area contributed by atoms with E-state index in [4.69, 9.17) is 18.9 Å². The number of carbonyl (C=O) groups is 1. The van der Waals surface area contributed by atoms with Gasteiger partial charge in [-0.2, -0.15) is 0 Å². The number of anilines is 1. The Labute approximate surface area is 210 Å². The van der Waals surface area contributed by atoms with Crippen LogP contribution < -0.4 is 19.5 Å². The molecule has 3 aromatic carbocycles. The van der Waals surface area contributed by atoms with Gasteiger partial charge < -0.3 is 24.3 Å². The van der Waals surface area contributed by atoms with Crippen LogP contribution in [0.3, 0.4) is 0 Å². The predicted octanol–water partition coefficient (Wildman–Crippen LogP) is 6.48. The molecule has 0 bridgehead atoms. The maximum atomic E-state index is 13.9. The minimum absolute atomic E-state index is 0.0135. The van der Waals surface area contributed by atoms with E-state index in [1.807, 2.05) is 19.1 Å². The van der Waals surface area contributed by atoms with Crippen molar-refractivity contribution in [3.8, 4) is 28.4 Å². The maximum absolute atomic E-state index is 13.9. The fourth-order valence-corrected chi connectivity index (χ4v) is 4.67. The van der Waals surface area contributed by atoms with Crippen LogP contribution >= 0.6 is 0 Å². The van der Waals surface area contributed by atoms with Gasteiger partial charge in [-0.05, 0) is 62.2 Å². The lowest BCUT2D eigenvalue weighted by molar-refractivity contribution is 0.0469. The molecule has 1 N–H and O–H groups in total. The van der Waals surface area contributed by atoms with Crippen molar-refractivity contribution in [2.24, 2.45) is 0 Å². The molecule has 3 aromatic rings. The van der Waals surface area contributed by atoms with Crippen molar-refractivity contribution in [3.05, 3.63) is 77.1 Å². The zero-order chi connectivity index (χ0) is 26.0. The minimum Gasteiger partial charge on any atom is -0.497 e. The highest BCUT2D eigenvalue weighted by molar-refractivity contribution is 5.93. The van der Waals surface area contributed by atoms with E-state index in [9.17, 15) is 9.18 Å². The topological polar surface area (TPSA) is 66.0 Å². The van der Waals surface area contributed by atoms with Gasteiger partial charge in [-0.3, -0.25) is 0 Å². The smallest absolute Gasteiger partial charge is 0.342 e. The van der Waals surface area contributed by atoms with Gasteiger partial charge in [-0.25, -0.2) is 9.18 Å². The average Bonchev–Trinajstić information content (AvgIpc) is 2.85. The largest absolute Gasteiger partial charge is 0.497 e. The Morgan fingerprint density at radius 3 is 2.33 bits per heavy atom. The molecule has 0 fully saturated rings. The summed E-state index contributed by atoms with van der Waals surface area (Å²) in [4.78, 5) is 13.1. The molecule has 0 aromatic heterocycles. The van der Waals surface area contributed by atoms with Gasteiger partial charge in [0.15, 0.2) is 0 Å². The first kappa shape index (κ1) is 25.1.